The van der Waals surface area contributed by atoms with Crippen LogP contribution in [0.5, 0.6) is 5.75 Å². The Bertz CT molecular complexity index is 833. The number of nitriles is 1. The SMILES string of the molecule is CCCC(C#N)N(Cc1ccccc1)C(=O)Oc1cccc(NC(=O)OC)c1. The minimum Gasteiger partial charge on any atom is -0.453 e. The fraction of sp³-hybridized carbons (Fsp3) is 0.286. The van der Waals surface area contributed by atoms with Crippen molar-refractivity contribution in [2.75, 3.05) is 12.4 Å². The van der Waals surface area contributed by atoms with E-state index in [2.05, 4.69) is 16.1 Å². The van der Waals surface area contributed by atoms with Crippen LogP contribution in [-0.4, -0.2) is 30.2 Å². The van der Waals surface area contributed by atoms with Crippen LogP contribution in [0.4, 0.5) is 15.3 Å². The quantitative estimate of drug-likeness (QED) is 0.759. The van der Waals surface area contributed by atoms with Crippen LogP contribution in [0.1, 0.15) is 25.3 Å². The molecule has 0 aliphatic carbocycles. The largest absolute Gasteiger partial charge is 0.453 e. The maximum Gasteiger partial charge on any atom is 0.416 e. The van der Waals surface area contributed by atoms with E-state index >= 15 is 0 Å². The van der Waals surface area contributed by atoms with E-state index < -0.39 is 18.2 Å². The van der Waals surface area contributed by atoms with Crippen LogP contribution >= 0.6 is 0 Å². The lowest BCUT2D eigenvalue weighted by Gasteiger charge is -2.26. The standard InChI is InChI=1S/C21H23N3O4/c1-3-8-18(14-22)24(15-16-9-5-4-6-10-16)21(26)28-19-12-7-11-17(13-19)23-20(25)27-2/h4-7,9-13,18H,3,8,15H2,1-2H3,(H,23,25). The van der Waals surface area contributed by atoms with E-state index in [0.29, 0.717) is 12.1 Å². The summed E-state index contributed by atoms with van der Waals surface area (Å²) >= 11 is 0. The Labute approximate surface area is 164 Å². The first-order chi connectivity index (χ1) is 13.6. The zero-order valence-corrected chi connectivity index (χ0v) is 15.9. The van der Waals surface area contributed by atoms with E-state index in [0.717, 1.165) is 12.0 Å². The molecule has 0 spiro atoms. The van der Waals surface area contributed by atoms with Gasteiger partial charge in [-0.05, 0) is 24.1 Å². The fourth-order valence-electron chi connectivity index (χ4n) is 2.61. The lowest BCUT2D eigenvalue weighted by molar-refractivity contribution is 0.136. The number of ether oxygens (including phenoxy) is 2. The summed E-state index contributed by atoms with van der Waals surface area (Å²) in [4.78, 5) is 25.6. The molecule has 2 aromatic carbocycles. The Morgan fingerprint density at radius 3 is 2.57 bits per heavy atom. The van der Waals surface area contributed by atoms with Gasteiger partial charge in [0.1, 0.15) is 11.8 Å². The van der Waals surface area contributed by atoms with E-state index in [1.165, 1.54) is 18.1 Å². The molecule has 0 radical (unpaired) electrons. The number of hydrogen-bond donors (Lipinski definition) is 1. The molecule has 1 atom stereocenters. The average Bonchev–Trinajstić information content (AvgIpc) is 2.71. The molecule has 0 saturated carbocycles. The molecular formula is C21H23N3O4. The zero-order valence-electron chi connectivity index (χ0n) is 15.9. The number of methoxy groups -OCH3 is 1. The summed E-state index contributed by atoms with van der Waals surface area (Å²) in [5.41, 5.74) is 1.33. The molecule has 146 valence electrons. The van der Waals surface area contributed by atoms with Crippen LogP contribution in [0, 0.1) is 11.3 Å². The second kappa shape index (κ2) is 10.6. The molecule has 1 N–H and O–H groups in total. The summed E-state index contributed by atoms with van der Waals surface area (Å²) in [5.74, 6) is 0.255. The van der Waals surface area contributed by atoms with E-state index in [9.17, 15) is 14.9 Å². The number of anilines is 1. The van der Waals surface area contributed by atoms with Crippen molar-refractivity contribution in [1.82, 2.24) is 4.90 Å². The molecule has 7 heteroatoms. The summed E-state index contributed by atoms with van der Waals surface area (Å²) in [6.45, 7) is 2.22. The van der Waals surface area contributed by atoms with Crippen molar-refractivity contribution < 1.29 is 19.1 Å². The van der Waals surface area contributed by atoms with Gasteiger partial charge in [0, 0.05) is 11.8 Å². The highest BCUT2D eigenvalue weighted by atomic mass is 16.6. The number of nitrogens with one attached hydrogen (secondary N) is 1. The Kier molecular flexibility index (Phi) is 7.85. The third-order valence-corrected chi connectivity index (χ3v) is 3.99. The molecule has 0 bridgehead atoms. The van der Waals surface area contributed by atoms with Crippen LogP contribution in [0.3, 0.4) is 0 Å². The van der Waals surface area contributed by atoms with E-state index in [1.54, 1.807) is 18.2 Å². The van der Waals surface area contributed by atoms with Crippen molar-refractivity contribution in [2.24, 2.45) is 0 Å². The summed E-state index contributed by atoms with van der Waals surface area (Å²) < 4.78 is 10.0. The lowest BCUT2D eigenvalue weighted by Crippen LogP contribution is -2.40. The van der Waals surface area contributed by atoms with E-state index in [-0.39, 0.29) is 12.3 Å². The molecule has 1 unspecified atom stereocenters. The first-order valence-electron chi connectivity index (χ1n) is 8.94. The Morgan fingerprint density at radius 1 is 1.18 bits per heavy atom. The van der Waals surface area contributed by atoms with Gasteiger partial charge in [-0.3, -0.25) is 10.2 Å². The van der Waals surface area contributed by atoms with Gasteiger partial charge < -0.3 is 9.47 Å². The van der Waals surface area contributed by atoms with Crippen molar-refractivity contribution in [3.63, 3.8) is 0 Å². The minimum atomic E-state index is -0.626. The number of benzene rings is 2. The van der Waals surface area contributed by atoms with Crippen LogP contribution < -0.4 is 10.1 Å². The number of rotatable bonds is 7. The summed E-state index contributed by atoms with van der Waals surface area (Å²) in [7, 11) is 1.26. The second-order valence-corrected chi connectivity index (χ2v) is 6.06. The van der Waals surface area contributed by atoms with Gasteiger partial charge in [0.2, 0.25) is 0 Å². The minimum absolute atomic E-state index is 0.255. The number of carbonyl (C=O) groups is 2. The van der Waals surface area contributed by atoms with Crippen LogP contribution in [0.25, 0.3) is 0 Å². The highest BCUT2D eigenvalue weighted by molar-refractivity contribution is 5.85. The summed E-state index contributed by atoms with van der Waals surface area (Å²) in [6.07, 6.45) is 0.0540. The van der Waals surface area contributed by atoms with Crippen LogP contribution in [0.2, 0.25) is 0 Å². The van der Waals surface area contributed by atoms with Gasteiger partial charge in [-0.1, -0.05) is 49.7 Å². The monoisotopic (exact) mass is 381 g/mol. The third-order valence-electron chi connectivity index (χ3n) is 3.99. The molecule has 0 fully saturated rings. The predicted octanol–water partition coefficient (Wildman–Crippen LogP) is 4.56. The molecule has 0 heterocycles. The van der Waals surface area contributed by atoms with E-state index in [4.69, 9.17) is 4.74 Å². The second-order valence-electron chi connectivity index (χ2n) is 6.06. The molecule has 28 heavy (non-hydrogen) atoms. The number of nitrogens with zero attached hydrogens (tertiary/aromatic N) is 2. The Hall–Kier alpha value is -3.53. The highest BCUT2D eigenvalue weighted by Crippen LogP contribution is 2.20. The van der Waals surface area contributed by atoms with Gasteiger partial charge in [-0.2, -0.15) is 5.26 Å². The lowest BCUT2D eigenvalue weighted by atomic mass is 10.1. The molecule has 0 aliphatic rings. The average molecular weight is 381 g/mol. The Balaban J connectivity index is 2.18. The first-order valence-corrected chi connectivity index (χ1v) is 8.94. The van der Waals surface area contributed by atoms with E-state index in [1.807, 2.05) is 37.3 Å². The molecule has 7 nitrogen and oxygen atoms in total. The van der Waals surface area contributed by atoms with Crippen LogP contribution in [0.15, 0.2) is 54.6 Å². The summed E-state index contributed by atoms with van der Waals surface area (Å²) in [6, 6.07) is 17.4. The van der Waals surface area contributed by atoms with Crippen molar-refractivity contribution >= 4 is 17.9 Å². The topological polar surface area (TPSA) is 91.7 Å². The number of amides is 2. The Morgan fingerprint density at radius 2 is 1.93 bits per heavy atom. The first kappa shape index (κ1) is 20.8. The molecular weight excluding hydrogens is 358 g/mol. The molecule has 0 aromatic heterocycles. The normalized spacial score (nSPS) is 11.0. The van der Waals surface area contributed by atoms with Gasteiger partial charge in [0.25, 0.3) is 0 Å². The fourth-order valence-corrected chi connectivity index (χ4v) is 2.61. The van der Waals surface area contributed by atoms with Crippen molar-refractivity contribution in [2.45, 2.75) is 32.4 Å². The number of hydrogen-bond acceptors (Lipinski definition) is 5. The maximum absolute atomic E-state index is 12.8. The van der Waals surface area contributed by atoms with Crippen molar-refractivity contribution in [3.05, 3.63) is 60.2 Å². The zero-order chi connectivity index (χ0) is 20.4. The third kappa shape index (κ3) is 6.02. The van der Waals surface area contributed by atoms with Crippen LogP contribution in [-0.2, 0) is 11.3 Å². The summed E-state index contributed by atoms with van der Waals surface area (Å²) in [5, 5.41) is 12.0. The predicted molar refractivity (Wildman–Crippen MR) is 105 cm³/mol. The number of carbonyl (C=O) groups excluding carboxylic acids is 2. The van der Waals surface area contributed by atoms with Gasteiger partial charge in [-0.15, -0.1) is 0 Å². The van der Waals surface area contributed by atoms with Crippen molar-refractivity contribution in [1.29, 1.82) is 5.26 Å². The smallest absolute Gasteiger partial charge is 0.416 e. The molecule has 0 saturated heterocycles. The van der Waals surface area contributed by atoms with Gasteiger partial charge >= 0.3 is 12.2 Å². The molecule has 2 amide bonds. The molecule has 2 aromatic rings. The van der Waals surface area contributed by atoms with Gasteiger partial charge in [-0.25, -0.2) is 9.59 Å². The van der Waals surface area contributed by atoms with Gasteiger partial charge in [0.05, 0.1) is 19.7 Å². The van der Waals surface area contributed by atoms with Gasteiger partial charge in [0.15, 0.2) is 0 Å². The maximum atomic E-state index is 12.8. The molecule has 2 rings (SSSR count). The van der Waals surface area contributed by atoms with Crippen molar-refractivity contribution in [3.8, 4) is 11.8 Å². The highest BCUT2D eigenvalue weighted by Gasteiger charge is 2.25. The molecule has 0 aliphatic heterocycles.